The maximum atomic E-state index is 12.1. The van der Waals surface area contributed by atoms with Gasteiger partial charge in [-0.25, -0.2) is 0 Å². The first kappa shape index (κ1) is 14.1. The minimum Gasteiger partial charge on any atom is -0.396 e. The van der Waals surface area contributed by atoms with E-state index >= 15 is 0 Å². The molecule has 0 aliphatic rings. The number of amides is 1. The topological polar surface area (TPSA) is 93.2 Å². The SMILES string of the molecule is CCn1ncc(N)c1C(=O)NCc1ccc(CO)cc1. The predicted octanol–water partition coefficient (Wildman–Crippen LogP) is 0.907. The third-order valence-corrected chi connectivity index (χ3v) is 3.04. The lowest BCUT2D eigenvalue weighted by Gasteiger charge is -2.08. The van der Waals surface area contributed by atoms with Gasteiger partial charge < -0.3 is 16.2 Å². The van der Waals surface area contributed by atoms with Crippen LogP contribution in [-0.4, -0.2) is 20.8 Å². The summed E-state index contributed by atoms with van der Waals surface area (Å²) >= 11 is 0. The maximum Gasteiger partial charge on any atom is 0.271 e. The average molecular weight is 274 g/mol. The molecule has 4 N–H and O–H groups in total. The van der Waals surface area contributed by atoms with Crippen molar-refractivity contribution in [1.29, 1.82) is 0 Å². The van der Waals surface area contributed by atoms with Gasteiger partial charge in [0.05, 0.1) is 18.5 Å². The van der Waals surface area contributed by atoms with Gasteiger partial charge in [-0.2, -0.15) is 5.10 Å². The van der Waals surface area contributed by atoms with Gasteiger partial charge >= 0.3 is 0 Å². The number of nitrogens with two attached hydrogens (primary N) is 1. The van der Waals surface area contributed by atoms with Crippen molar-refractivity contribution in [3.63, 3.8) is 0 Å². The molecule has 0 unspecified atom stereocenters. The zero-order valence-corrected chi connectivity index (χ0v) is 11.3. The van der Waals surface area contributed by atoms with Crippen molar-refractivity contribution in [3.8, 4) is 0 Å². The van der Waals surface area contributed by atoms with Crippen molar-refractivity contribution in [2.45, 2.75) is 26.6 Å². The number of hydrogen-bond donors (Lipinski definition) is 3. The van der Waals surface area contributed by atoms with Crippen LogP contribution < -0.4 is 11.1 Å². The second-order valence-corrected chi connectivity index (χ2v) is 4.42. The van der Waals surface area contributed by atoms with Crippen molar-refractivity contribution >= 4 is 11.6 Å². The molecule has 1 aromatic carbocycles. The third kappa shape index (κ3) is 2.97. The summed E-state index contributed by atoms with van der Waals surface area (Å²) in [4.78, 5) is 12.1. The van der Waals surface area contributed by atoms with Gasteiger partial charge in [-0.1, -0.05) is 24.3 Å². The van der Waals surface area contributed by atoms with Gasteiger partial charge in [0, 0.05) is 13.1 Å². The molecule has 1 amide bonds. The lowest BCUT2D eigenvalue weighted by molar-refractivity contribution is 0.0941. The molecule has 0 radical (unpaired) electrons. The maximum absolute atomic E-state index is 12.1. The molecule has 0 aliphatic heterocycles. The van der Waals surface area contributed by atoms with Crippen LogP contribution in [0, 0.1) is 0 Å². The summed E-state index contributed by atoms with van der Waals surface area (Å²) in [6.45, 7) is 2.90. The average Bonchev–Trinajstić information content (AvgIpc) is 2.86. The smallest absolute Gasteiger partial charge is 0.271 e. The minimum atomic E-state index is -0.243. The summed E-state index contributed by atoms with van der Waals surface area (Å²) < 4.78 is 1.57. The van der Waals surface area contributed by atoms with Crippen LogP contribution >= 0.6 is 0 Å². The van der Waals surface area contributed by atoms with Crippen LogP contribution in [-0.2, 0) is 19.7 Å². The van der Waals surface area contributed by atoms with Crippen LogP contribution in [0.4, 0.5) is 5.69 Å². The Labute approximate surface area is 117 Å². The number of nitrogens with one attached hydrogen (secondary N) is 1. The number of rotatable bonds is 5. The van der Waals surface area contributed by atoms with Gasteiger partial charge in [-0.15, -0.1) is 0 Å². The highest BCUT2D eigenvalue weighted by atomic mass is 16.3. The fourth-order valence-corrected chi connectivity index (χ4v) is 1.92. The monoisotopic (exact) mass is 274 g/mol. The number of nitrogen functional groups attached to an aromatic ring is 1. The van der Waals surface area contributed by atoms with Crippen LogP contribution in [0.2, 0.25) is 0 Å². The quantitative estimate of drug-likeness (QED) is 0.755. The van der Waals surface area contributed by atoms with E-state index in [4.69, 9.17) is 10.8 Å². The van der Waals surface area contributed by atoms with Gasteiger partial charge in [0.1, 0.15) is 5.69 Å². The van der Waals surface area contributed by atoms with Crippen molar-refractivity contribution in [1.82, 2.24) is 15.1 Å². The van der Waals surface area contributed by atoms with Crippen molar-refractivity contribution in [2.75, 3.05) is 5.73 Å². The van der Waals surface area contributed by atoms with Crippen LogP contribution in [0.5, 0.6) is 0 Å². The number of aryl methyl sites for hydroxylation is 1. The van der Waals surface area contributed by atoms with Crippen molar-refractivity contribution in [3.05, 3.63) is 47.3 Å². The van der Waals surface area contributed by atoms with Crippen molar-refractivity contribution in [2.24, 2.45) is 0 Å². The van der Waals surface area contributed by atoms with E-state index in [0.29, 0.717) is 24.5 Å². The summed E-state index contributed by atoms with van der Waals surface area (Å²) in [6, 6.07) is 7.39. The Kier molecular flexibility index (Phi) is 4.37. The molecule has 1 aromatic heterocycles. The number of aliphatic hydroxyl groups is 1. The molecule has 6 nitrogen and oxygen atoms in total. The van der Waals surface area contributed by atoms with E-state index in [1.807, 2.05) is 31.2 Å². The fourth-order valence-electron chi connectivity index (χ4n) is 1.92. The Morgan fingerprint density at radius 2 is 2.00 bits per heavy atom. The molecule has 1 heterocycles. The van der Waals surface area contributed by atoms with Crippen LogP contribution in [0.1, 0.15) is 28.5 Å². The molecule has 20 heavy (non-hydrogen) atoms. The Morgan fingerprint density at radius 1 is 1.35 bits per heavy atom. The van der Waals surface area contributed by atoms with Gasteiger partial charge in [0.25, 0.3) is 5.91 Å². The third-order valence-electron chi connectivity index (χ3n) is 3.04. The van der Waals surface area contributed by atoms with E-state index in [0.717, 1.165) is 11.1 Å². The molecule has 0 saturated carbocycles. The summed E-state index contributed by atoms with van der Waals surface area (Å²) in [5, 5.41) is 15.8. The molecule has 106 valence electrons. The number of carbonyl (C=O) groups excluding carboxylic acids is 1. The second-order valence-electron chi connectivity index (χ2n) is 4.42. The van der Waals surface area contributed by atoms with E-state index in [1.165, 1.54) is 6.20 Å². The van der Waals surface area contributed by atoms with E-state index in [2.05, 4.69) is 10.4 Å². The van der Waals surface area contributed by atoms with Gasteiger partial charge in [0.15, 0.2) is 0 Å². The summed E-state index contributed by atoms with van der Waals surface area (Å²) in [6.07, 6.45) is 1.48. The Balaban J connectivity index is 2.02. The number of benzene rings is 1. The molecular formula is C14H18N4O2. The van der Waals surface area contributed by atoms with E-state index < -0.39 is 0 Å². The normalized spacial score (nSPS) is 10.5. The molecule has 0 bridgehead atoms. The zero-order chi connectivity index (χ0) is 14.5. The first-order valence-corrected chi connectivity index (χ1v) is 6.43. The molecule has 0 aliphatic carbocycles. The van der Waals surface area contributed by atoms with Gasteiger partial charge in [-0.05, 0) is 18.1 Å². The molecule has 2 aromatic rings. The predicted molar refractivity (Wildman–Crippen MR) is 75.8 cm³/mol. The lowest BCUT2D eigenvalue weighted by Crippen LogP contribution is -2.26. The van der Waals surface area contributed by atoms with Crippen LogP contribution in [0.25, 0.3) is 0 Å². The molecular weight excluding hydrogens is 256 g/mol. The number of aliphatic hydroxyl groups excluding tert-OH is 1. The minimum absolute atomic E-state index is 0.0128. The first-order valence-electron chi connectivity index (χ1n) is 6.43. The van der Waals surface area contributed by atoms with E-state index in [9.17, 15) is 4.79 Å². The number of carbonyl (C=O) groups is 1. The summed E-state index contributed by atoms with van der Waals surface area (Å²) in [5.41, 5.74) is 8.31. The molecule has 6 heteroatoms. The van der Waals surface area contributed by atoms with E-state index in [-0.39, 0.29) is 12.5 Å². The summed E-state index contributed by atoms with van der Waals surface area (Å²) in [7, 11) is 0. The second kappa shape index (κ2) is 6.21. The molecule has 2 rings (SSSR count). The Morgan fingerprint density at radius 3 is 2.60 bits per heavy atom. The Hall–Kier alpha value is -2.34. The largest absolute Gasteiger partial charge is 0.396 e. The summed E-state index contributed by atoms with van der Waals surface area (Å²) in [5.74, 6) is -0.243. The molecule has 0 atom stereocenters. The highest BCUT2D eigenvalue weighted by molar-refractivity contribution is 5.97. The standard InChI is InChI=1S/C14H18N4O2/c1-2-18-13(12(15)8-17-18)14(20)16-7-10-3-5-11(9-19)6-4-10/h3-6,8,19H,2,7,9,15H2,1H3,(H,16,20). The molecule has 0 fully saturated rings. The van der Waals surface area contributed by atoms with Crippen LogP contribution in [0.3, 0.4) is 0 Å². The lowest BCUT2D eigenvalue weighted by atomic mass is 10.1. The number of nitrogens with zero attached hydrogens (tertiary/aromatic N) is 2. The first-order chi connectivity index (χ1) is 9.65. The molecule has 0 saturated heterocycles. The van der Waals surface area contributed by atoms with E-state index in [1.54, 1.807) is 4.68 Å². The number of anilines is 1. The highest BCUT2D eigenvalue weighted by Gasteiger charge is 2.15. The zero-order valence-electron chi connectivity index (χ0n) is 11.3. The van der Waals surface area contributed by atoms with Crippen LogP contribution in [0.15, 0.2) is 30.5 Å². The van der Waals surface area contributed by atoms with Gasteiger partial charge in [0.2, 0.25) is 0 Å². The Bertz CT molecular complexity index is 590. The number of hydrogen-bond acceptors (Lipinski definition) is 4. The highest BCUT2D eigenvalue weighted by Crippen LogP contribution is 2.11. The fraction of sp³-hybridized carbons (Fsp3) is 0.286. The van der Waals surface area contributed by atoms with Gasteiger partial charge in [-0.3, -0.25) is 9.48 Å². The molecule has 0 spiro atoms. The van der Waals surface area contributed by atoms with Crippen molar-refractivity contribution < 1.29 is 9.90 Å². The number of aromatic nitrogens is 2.